The Bertz CT molecular complexity index is 630. The lowest BCUT2D eigenvalue weighted by Gasteiger charge is -2.12. The third kappa shape index (κ3) is 5.80. The first-order valence-corrected chi connectivity index (χ1v) is 7.01. The number of carbonyl (C=O) groups is 2. The minimum atomic E-state index is -1.78. The number of nitrogens with one attached hydrogen (secondary N) is 1. The number of hydrogen-bond donors (Lipinski definition) is 2. The van der Waals surface area contributed by atoms with Crippen molar-refractivity contribution < 1.29 is 24.2 Å². The van der Waals surface area contributed by atoms with E-state index in [9.17, 15) is 14.7 Å². The minimum Gasteiger partial charge on any atom is -0.457 e. The average Bonchev–Trinajstić information content (AvgIpc) is 2.59. The van der Waals surface area contributed by atoms with Gasteiger partial charge in [0.2, 0.25) is 6.23 Å². The molecular formula is C17H17NO5. The van der Waals surface area contributed by atoms with Crippen LogP contribution in [0.25, 0.3) is 0 Å². The monoisotopic (exact) mass is 315 g/mol. The SMILES string of the molecule is O=C(NC(O)C(=O)OCc1ccccc1)OCc1ccccc1. The van der Waals surface area contributed by atoms with E-state index in [0.717, 1.165) is 11.1 Å². The standard InChI is InChI=1S/C17H17NO5/c19-15(16(20)22-11-13-7-3-1-4-8-13)18-17(21)23-12-14-9-5-2-6-10-14/h1-10,15,19H,11-12H2,(H,18,21). The Hall–Kier alpha value is -2.86. The third-order valence-corrected chi connectivity index (χ3v) is 2.91. The molecule has 0 bridgehead atoms. The lowest BCUT2D eigenvalue weighted by atomic mass is 10.2. The van der Waals surface area contributed by atoms with Gasteiger partial charge in [-0.2, -0.15) is 0 Å². The van der Waals surface area contributed by atoms with Gasteiger partial charge in [0, 0.05) is 0 Å². The van der Waals surface area contributed by atoms with Crippen molar-refractivity contribution in [2.24, 2.45) is 0 Å². The van der Waals surface area contributed by atoms with E-state index in [1.807, 2.05) is 29.6 Å². The van der Waals surface area contributed by atoms with Crippen molar-refractivity contribution >= 4 is 12.1 Å². The van der Waals surface area contributed by atoms with Crippen LogP contribution in [0, 0.1) is 0 Å². The Kier molecular flexibility index (Phi) is 6.14. The highest BCUT2D eigenvalue weighted by molar-refractivity contribution is 5.79. The summed E-state index contributed by atoms with van der Waals surface area (Å²) in [5, 5.41) is 11.6. The summed E-state index contributed by atoms with van der Waals surface area (Å²) in [6.07, 6.45) is -2.68. The number of amides is 1. The second-order valence-corrected chi connectivity index (χ2v) is 4.70. The van der Waals surface area contributed by atoms with Crippen LogP contribution >= 0.6 is 0 Å². The van der Waals surface area contributed by atoms with Crippen LogP contribution in [0.1, 0.15) is 11.1 Å². The summed E-state index contributed by atoms with van der Waals surface area (Å²) < 4.78 is 9.79. The summed E-state index contributed by atoms with van der Waals surface area (Å²) in [6.45, 7) is 0.0515. The molecule has 2 rings (SSSR count). The molecule has 0 spiro atoms. The van der Waals surface area contributed by atoms with Crippen molar-refractivity contribution in [3.63, 3.8) is 0 Å². The van der Waals surface area contributed by atoms with Crippen LogP contribution in [0.3, 0.4) is 0 Å². The predicted molar refractivity (Wildman–Crippen MR) is 82.0 cm³/mol. The highest BCUT2D eigenvalue weighted by Crippen LogP contribution is 2.02. The number of hydrogen-bond acceptors (Lipinski definition) is 5. The van der Waals surface area contributed by atoms with Gasteiger partial charge in [0.05, 0.1) is 0 Å². The van der Waals surface area contributed by atoms with Crippen molar-refractivity contribution in [2.75, 3.05) is 0 Å². The molecule has 0 radical (unpaired) electrons. The molecule has 2 aromatic rings. The maximum absolute atomic E-state index is 11.6. The first-order chi connectivity index (χ1) is 11.1. The van der Waals surface area contributed by atoms with E-state index in [-0.39, 0.29) is 13.2 Å². The first kappa shape index (κ1) is 16.5. The molecule has 6 nitrogen and oxygen atoms in total. The Morgan fingerprint density at radius 1 is 0.870 bits per heavy atom. The van der Waals surface area contributed by atoms with Crippen LogP contribution < -0.4 is 5.32 Å². The average molecular weight is 315 g/mol. The molecule has 0 saturated carbocycles. The lowest BCUT2D eigenvalue weighted by molar-refractivity contribution is -0.156. The Balaban J connectivity index is 1.71. The van der Waals surface area contributed by atoms with Crippen LogP contribution in [-0.2, 0) is 27.5 Å². The molecule has 2 N–H and O–H groups in total. The molecule has 1 amide bonds. The molecular weight excluding hydrogens is 298 g/mol. The van der Waals surface area contributed by atoms with Gasteiger partial charge < -0.3 is 14.6 Å². The van der Waals surface area contributed by atoms with Crippen molar-refractivity contribution in [1.82, 2.24) is 5.32 Å². The maximum atomic E-state index is 11.6. The molecule has 0 aliphatic rings. The molecule has 6 heteroatoms. The highest BCUT2D eigenvalue weighted by Gasteiger charge is 2.19. The van der Waals surface area contributed by atoms with Crippen molar-refractivity contribution in [3.05, 3.63) is 71.8 Å². The molecule has 120 valence electrons. The topological polar surface area (TPSA) is 84.9 Å². The number of esters is 1. The molecule has 0 aliphatic carbocycles. The molecule has 2 aromatic carbocycles. The minimum absolute atomic E-state index is 0.0114. The molecule has 1 unspecified atom stereocenters. The normalized spacial score (nSPS) is 11.3. The molecule has 0 heterocycles. The van der Waals surface area contributed by atoms with Crippen molar-refractivity contribution in [1.29, 1.82) is 0 Å². The lowest BCUT2D eigenvalue weighted by Crippen LogP contribution is -2.41. The van der Waals surface area contributed by atoms with Gasteiger partial charge in [-0.15, -0.1) is 0 Å². The summed E-state index contributed by atoms with van der Waals surface area (Å²) in [5.41, 5.74) is 1.57. The third-order valence-electron chi connectivity index (χ3n) is 2.91. The Morgan fingerprint density at radius 2 is 1.35 bits per heavy atom. The van der Waals surface area contributed by atoms with Crippen LogP contribution in [0.15, 0.2) is 60.7 Å². The fourth-order valence-corrected chi connectivity index (χ4v) is 1.74. The highest BCUT2D eigenvalue weighted by atomic mass is 16.6. The molecule has 0 aliphatic heterocycles. The molecule has 0 aromatic heterocycles. The zero-order valence-electron chi connectivity index (χ0n) is 12.3. The van der Waals surface area contributed by atoms with Gasteiger partial charge in [-0.1, -0.05) is 60.7 Å². The summed E-state index contributed by atoms with van der Waals surface area (Å²) in [4.78, 5) is 23.1. The van der Waals surface area contributed by atoms with Gasteiger partial charge >= 0.3 is 12.1 Å². The van der Waals surface area contributed by atoms with Crippen LogP contribution in [0.2, 0.25) is 0 Å². The summed E-state index contributed by atoms with van der Waals surface area (Å²) in [7, 11) is 0. The summed E-state index contributed by atoms with van der Waals surface area (Å²) in [5.74, 6) is -0.953. The van der Waals surface area contributed by atoms with E-state index in [0.29, 0.717) is 0 Å². The number of carbonyl (C=O) groups excluding carboxylic acids is 2. The number of aliphatic hydroxyl groups is 1. The zero-order chi connectivity index (χ0) is 16.5. The second-order valence-electron chi connectivity index (χ2n) is 4.70. The van der Waals surface area contributed by atoms with Crippen molar-refractivity contribution in [2.45, 2.75) is 19.4 Å². The van der Waals surface area contributed by atoms with Gasteiger partial charge in [-0.05, 0) is 11.1 Å². The van der Waals surface area contributed by atoms with Crippen molar-refractivity contribution in [3.8, 4) is 0 Å². The number of benzene rings is 2. The molecule has 23 heavy (non-hydrogen) atoms. The fourth-order valence-electron chi connectivity index (χ4n) is 1.74. The van der Waals surface area contributed by atoms with E-state index < -0.39 is 18.3 Å². The number of aliphatic hydroxyl groups excluding tert-OH is 1. The summed E-state index contributed by atoms with van der Waals surface area (Å²) in [6, 6.07) is 18.1. The predicted octanol–water partition coefficient (Wildman–Crippen LogP) is 1.97. The van der Waals surface area contributed by atoms with Gasteiger partial charge in [-0.25, -0.2) is 9.59 Å². The summed E-state index contributed by atoms with van der Waals surface area (Å²) >= 11 is 0. The second kappa shape index (κ2) is 8.55. The van der Waals surface area contributed by atoms with Gasteiger partial charge in [0.15, 0.2) is 0 Å². The zero-order valence-corrected chi connectivity index (χ0v) is 12.3. The van der Waals surface area contributed by atoms with Crippen LogP contribution in [0.5, 0.6) is 0 Å². The van der Waals surface area contributed by atoms with Crippen LogP contribution in [0.4, 0.5) is 4.79 Å². The van der Waals surface area contributed by atoms with Crippen LogP contribution in [-0.4, -0.2) is 23.4 Å². The van der Waals surface area contributed by atoms with E-state index >= 15 is 0 Å². The van der Waals surface area contributed by atoms with E-state index in [1.165, 1.54) is 0 Å². The van der Waals surface area contributed by atoms with E-state index in [4.69, 9.17) is 9.47 Å². The quantitative estimate of drug-likeness (QED) is 0.629. The molecule has 0 fully saturated rings. The van der Waals surface area contributed by atoms with Gasteiger partial charge in [0.1, 0.15) is 13.2 Å². The molecule has 1 atom stereocenters. The first-order valence-electron chi connectivity index (χ1n) is 7.01. The number of ether oxygens (including phenoxy) is 2. The molecule has 0 saturated heterocycles. The fraction of sp³-hybridized carbons (Fsp3) is 0.176. The number of alkyl carbamates (subject to hydrolysis) is 1. The van der Waals surface area contributed by atoms with Gasteiger partial charge in [0.25, 0.3) is 0 Å². The Labute approximate surface area is 133 Å². The van der Waals surface area contributed by atoms with Gasteiger partial charge in [-0.3, -0.25) is 5.32 Å². The maximum Gasteiger partial charge on any atom is 0.409 e. The largest absolute Gasteiger partial charge is 0.457 e. The van der Waals surface area contributed by atoms with E-state index in [1.54, 1.807) is 36.4 Å². The van der Waals surface area contributed by atoms with E-state index in [2.05, 4.69) is 0 Å². The Morgan fingerprint density at radius 3 is 1.87 bits per heavy atom. The smallest absolute Gasteiger partial charge is 0.409 e. The number of rotatable bonds is 6.